The first-order chi connectivity index (χ1) is 8.08. The molecule has 0 aliphatic heterocycles. The number of anilines is 3. The maximum Gasteiger partial charge on any atom is 0.276 e. The molecule has 0 bridgehead atoms. The molecule has 1 heterocycles. The Hall–Kier alpha value is -1.89. The van der Waals surface area contributed by atoms with E-state index < -0.39 is 11.4 Å². The Morgan fingerprint density at radius 2 is 2.24 bits per heavy atom. The smallest absolute Gasteiger partial charge is 0.276 e. The average Bonchev–Trinajstić information content (AvgIpc) is 2.28. The Bertz CT molecular complexity index is 613. The lowest BCUT2D eigenvalue weighted by Gasteiger charge is -2.08. The highest BCUT2D eigenvalue weighted by molar-refractivity contribution is 9.10. The van der Waals surface area contributed by atoms with E-state index in [9.17, 15) is 9.18 Å². The van der Waals surface area contributed by atoms with Crippen LogP contribution in [0, 0.1) is 5.82 Å². The zero-order valence-electron chi connectivity index (χ0n) is 8.50. The number of aromatic amines is 1. The van der Waals surface area contributed by atoms with Crippen molar-refractivity contribution < 1.29 is 4.39 Å². The first-order valence-corrected chi connectivity index (χ1v) is 5.42. The zero-order chi connectivity index (χ0) is 12.4. The van der Waals surface area contributed by atoms with Gasteiger partial charge in [-0.1, -0.05) is 15.9 Å². The van der Waals surface area contributed by atoms with Crippen LogP contribution in [0.25, 0.3) is 0 Å². The van der Waals surface area contributed by atoms with Crippen LogP contribution in [0.5, 0.6) is 0 Å². The standard InChI is InChI=1S/C10H8BrFN4O/c11-5-1-2-7(6(12)3-5)16-9-8(13)10(17)15-4-14-9/h1-4H,13H2,(H2,14,15,16,17). The highest BCUT2D eigenvalue weighted by atomic mass is 79.9. The van der Waals surface area contributed by atoms with Gasteiger partial charge < -0.3 is 16.0 Å². The number of nitrogen functional groups attached to an aromatic ring is 1. The number of hydrogen-bond acceptors (Lipinski definition) is 4. The number of H-pyrrole nitrogens is 1. The van der Waals surface area contributed by atoms with Gasteiger partial charge in [-0.15, -0.1) is 0 Å². The van der Waals surface area contributed by atoms with E-state index in [4.69, 9.17) is 5.73 Å². The van der Waals surface area contributed by atoms with Crippen molar-refractivity contribution >= 4 is 33.1 Å². The van der Waals surface area contributed by atoms with Crippen molar-refractivity contribution in [1.29, 1.82) is 0 Å². The molecule has 0 radical (unpaired) electrons. The first kappa shape index (κ1) is 11.6. The molecule has 2 rings (SSSR count). The summed E-state index contributed by atoms with van der Waals surface area (Å²) in [4.78, 5) is 17.4. The van der Waals surface area contributed by atoms with Crippen molar-refractivity contribution in [2.45, 2.75) is 0 Å². The summed E-state index contributed by atoms with van der Waals surface area (Å²) in [6.07, 6.45) is 1.19. The molecular weight excluding hydrogens is 291 g/mol. The molecule has 17 heavy (non-hydrogen) atoms. The average molecular weight is 299 g/mol. The predicted octanol–water partition coefficient (Wildman–Crippen LogP) is 2.00. The molecule has 0 unspecified atom stereocenters. The van der Waals surface area contributed by atoms with Crippen molar-refractivity contribution in [1.82, 2.24) is 9.97 Å². The van der Waals surface area contributed by atoms with Crippen LogP contribution in [0.15, 0.2) is 33.8 Å². The molecule has 1 aromatic heterocycles. The Morgan fingerprint density at radius 3 is 2.94 bits per heavy atom. The number of rotatable bonds is 2. The lowest BCUT2D eigenvalue weighted by atomic mass is 10.3. The van der Waals surface area contributed by atoms with Gasteiger partial charge in [-0.25, -0.2) is 9.37 Å². The minimum absolute atomic E-state index is 0.0881. The van der Waals surface area contributed by atoms with Gasteiger partial charge in [0.1, 0.15) is 11.5 Å². The van der Waals surface area contributed by atoms with Gasteiger partial charge in [0, 0.05) is 4.47 Å². The molecular formula is C10H8BrFN4O. The van der Waals surface area contributed by atoms with Crippen molar-refractivity contribution in [3.63, 3.8) is 0 Å². The van der Waals surface area contributed by atoms with Gasteiger partial charge in [0.05, 0.1) is 12.0 Å². The summed E-state index contributed by atoms with van der Waals surface area (Å²) in [6.45, 7) is 0. The van der Waals surface area contributed by atoms with Crippen LogP contribution in [0.4, 0.5) is 21.6 Å². The van der Waals surface area contributed by atoms with E-state index in [1.807, 2.05) is 0 Å². The highest BCUT2D eigenvalue weighted by Gasteiger charge is 2.08. The Labute approximate surface area is 104 Å². The van der Waals surface area contributed by atoms with Crippen molar-refractivity contribution in [3.8, 4) is 0 Å². The van der Waals surface area contributed by atoms with Gasteiger partial charge in [0.15, 0.2) is 5.82 Å². The molecule has 88 valence electrons. The van der Waals surface area contributed by atoms with Crippen LogP contribution in [0.3, 0.4) is 0 Å². The van der Waals surface area contributed by atoms with Crippen molar-refractivity contribution in [3.05, 3.63) is 45.2 Å². The second-order valence-corrected chi connectivity index (χ2v) is 4.16. The number of benzene rings is 1. The van der Waals surface area contributed by atoms with E-state index in [1.54, 1.807) is 6.07 Å². The molecule has 0 aliphatic carbocycles. The molecule has 0 saturated heterocycles. The summed E-state index contributed by atoms with van der Waals surface area (Å²) in [6, 6.07) is 4.47. The molecule has 0 spiro atoms. The Kier molecular flexibility index (Phi) is 3.10. The molecule has 0 amide bonds. The highest BCUT2D eigenvalue weighted by Crippen LogP contribution is 2.23. The number of halogens is 2. The number of aromatic nitrogens is 2. The van der Waals surface area contributed by atoms with Crippen LogP contribution in [-0.2, 0) is 0 Å². The Balaban J connectivity index is 2.38. The van der Waals surface area contributed by atoms with Crippen LogP contribution in [0.1, 0.15) is 0 Å². The van der Waals surface area contributed by atoms with E-state index in [-0.39, 0.29) is 17.2 Å². The molecule has 0 saturated carbocycles. The summed E-state index contributed by atoms with van der Waals surface area (Å²) in [5.41, 5.74) is 5.14. The van der Waals surface area contributed by atoms with E-state index >= 15 is 0 Å². The number of hydrogen-bond donors (Lipinski definition) is 3. The second-order valence-electron chi connectivity index (χ2n) is 3.24. The maximum atomic E-state index is 13.5. The van der Waals surface area contributed by atoms with Crippen LogP contribution in [-0.4, -0.2) is 9.97 Å². The third kappa shape index (κ3) is 2.44. The topological polar surface area (TPSA) is 83.8 Å². The van der Waals surface area contributed by atoms with Gasteiger partial charge in [0.25, 0.3) is 5.56 Å². The van der Waals surface area contributed by atoms with E-state index in [1.165, 1.54) is 18.5 Å². The fraction of sp³-hybridized carbons (Fsp3) is 0. The normalized spacial score (nSPS) is 10.2. The zero-order valence-corrected chi connectivity index (χ0v) is 10.1. The second kappa shape index (κ2) is 4.54. The Morgan fingerprint density at radius 1 is 1.47 bits per heavy atom. The molecule has 0 atom stereocenters. The largest absolute Gasteiger partial charge is 0.391 e. The third-order valence-electron chi connectivity index (χ3n) is 2.07. The number of nitrogens with zero attached hydrogens (tertiary/aromatic N) is 1. The monoisotopic (exact) mass is 298 g/mol. The molecule has 0 fully saturated rings. The van der Waals surface area contributed by atoms with Crippen molar-refractivity contribution in [2.24, 2.45) is 0 Å². The van der Waals surface area contributed by atoms with Gasteiger partial charge in [-0.05, 0) is 18.2 Å². The van der Waals surface area contributed by atoms with Crippen molar-refractivity contribution in [2.75, 3.05) is 11.1 Å². The van der Waals surface area contributed by atoms with Crippen LogP contribution in [0.2, 0.25) is 0 Å². The van der Waals surface area contributed by atoms with Gasteiger partial charge in [0.2, 0.25) is 0 Å². The molecule has 1 aromatic carbocycles. The number of nitrogens with one attached hydrogen (secondary N) is 2. The summed E-state index contributed by atoms with van der Waals surface area (Å²) in [7, 11) is 0. The molecule has 4 N–H and O–H groups in total. The predicted molar refractivity (Wildman–Crippen MR) is 66.7 cm³/mol. The van der Waals surface area contributed by atoms with Gasteiger partial charge in [-0.2, -0.15) is 0 Å². The minimum atomic E-state index is -0.472. The summed E-state index contributed by atoms with van der Waals surface area (Å²) in [5, 5.41) is 2.66. The van der Waals surface area contributed by atoms with Gasteiger partial charge >= 0.3 is 0 Å². The van der Waals surface area contributed by atoms with Gasteiger partial charge in [-0.3, -0.25) is 4.79 Å². The molecule has 2 aromatic rings. The van der Waals surface area contributed by atoms with Crippen LogP contribution < -0.4 is 16.6 Å². The summed E-state index contributed by atoms with van der Waals surface area (Å²) in [5.74, 6) is -0.351. The van der Waals surface area contributed by atoms with E-state index in [0.717, 1.165) is 0 Å². The van der Waals surface area contributed by atoms with Crippen LogP contribution >= 0.6 is 15.9 Å². The fourth-order valence-corrected chi connectivity index (χ4v) is 1.56. The van der Waals surface area contributed by atoms with E-state index in [2.05, 4.69) is 31.2 Å². The maximum absolute atomic E-state index is 13.5. The molecule has 5 nitrogen and oxygen atoms in total. The molecule has 0 aliphatic rings. The lowest BCUT2D eigenvalue weighted by Crippen LogP contribution is -2.14. The summed E-state index contributed by atoms with van der Waals surface area (Å²) < 4.78 is 14.1. The first-order valence-electron chi connectivity index (χ1n) is 4.63. The number of nitrogens with two attached hydrogens (primary N) is 1. The van der Waals surface area contributed by atoms with E-state index in [0.29, 0.717) is 4.47 Å². The SMILES string of the molecule is Nc1c(Nc2ccc(Br)cc2F)nc[nH]c1=O. The lowest BCUT2D eigenvalue weighted by molar-refractivity contribution is 0.631. The summed E-state index contributed by atoms with van der Waals surface area (Å²) >= 11 is 3.14. The third-order valence-corrected chi connectivity index (χ3v) is 2.57. The quantitative estimate of drug-likeness (QED) is 0.792. The fourth-order valence-electron chi connectivity index (χ4n) is 1.23. The molecule has 7 heteroatoms. The minimum Gasteiger partial charge on any atom is -0.391 e.